The third kappa shape index (κ3) is 2.76. The lowest BCUT2D eigenvalue weighted by molar-refractivity contribution is 0.101. The average molecular weight is 282 g/mol. The first kappa shape index (κ1) is 13.2. The van der Waals surface area contributed by atoms with Crippen LogP contribution in [0.3, 0.4) is 0 Å². The molecule has 0 atom stereocenters. The normalized spacial score (nSPS) is 10.7. The highest BCUT2D eigenvalue weighted by Crippen LogP contribution is 2.34. The van der Waals surface area contributed by atoms with Crippen molar-refractivity contribution in [3.63, 3.8) is 0 Å². The van der Waals surface area contributed by atoms with E-state index in [4.69, 9.17) is 16.0 Å². The van der Waals surface area contributed by atoms with E-state index in [2.05, 4.69) is 4.98 Å². The molecule has 5 heteroatoms. The minimum Gasteiger partial charge on any atom is -0.436 e. The van der Waals surface area contributed by atoms with Crippen LogP contribution in [0.5, 0.6) is 0 Å². The number of aromatic nitrogens is 1. The lowest BCUT2D eigenvalue weighted by Crippen LogP contribution is -1.91. The number of oxazole rings is 1. The number of hydrogen-bond donors (Lipinski definition) is 0. The van der Waals surface area contributed by atoms with Gasteiger partial charge in [-0.25, -0.2) is 4.98 Å². The zero-order valence-electron chi connectivity index (χ0n) is 10.3. The van der Waals surface area contributed by atoms with Crippen molar-refractivity contribution >= 4 is 29.1 Å². The van der Waals surface area contributed by atoms with Gasteiger partial charge >= 0.3 is 0 Å². The number of Topliss-reactive ketones (excluding diaryl/α,β-unsaturated/α-hetero) is 1. The molecule has 0 unspecified atom stereocenters. The first-order valence-electron chi connectivity index (χ1n) is 5.39. The molecule has 0 radical (unpaired) electrons. The molecule has 0 spiro atoms. The Hall–Kier alpha value is -1.26. The van der Waals surface area contributed by atoms with Crippen molar-refractivity contribution in [3.8, 4) is 0 Å². The van der Waals surface area contributed by atoms with E-state index in [0.717, 1.165) is 16.3 Å². The number of nitrogens with zero attached hydrogens (tertiary/aromatic N) is 1. The Morgan fingerprint density at radius 3 is 2.61 bits per heavy atom. The Morgan fingerprint density at radius 2 is 2.11 bits per heavy atom. The summed E-state index contributed by atoms with van der Waals surface area (Å²) >= 11 is 7.48. The second-order valence-electron chi connectivity index (χ2n) is 3.92. The fraction of sp³-hybridized carbons (Fsp3) is 0.231. The first-order chi connectivity index (χ1) is 8.47. The second-order valence-corrected chi connectivity index (χ2v) is 5.33. The van der Waals surface area contributed by atoms with Crippen molar-refractivity contribution < 1.29 is 9.21 Å². The molecular weight excluding hydrogens is 270 g/mol. The average Bonchev–Trinajstić information content (AvgIpc) is 2.61. The topological polar surface area (TPSA) is 43.1 Å². The van der Waals surface area contributed by atoms with E-state index >= 15 is 0 Å². The molecule has 1 aromatic carbocycles. The van der Waals surface area contributed by atoms with Gasteiger partial charge in [0.25, 0.3) is 5.22 Å². The number of carbonyl (C=O) groups is 1. The Morgan fingerprint density at radius 1 is 1.39 bits per heavy atom. The van der Waals surface area contributed by atoms with Gasteiger partial charge < -0.3 is 4.42 Å². The van der Waals surface area contributed by atoms with Crippen LogP contribution >= 0.6 is 23.4 Å². The number of halogens is 1. The molecule has 0 bridgehead atoms. The molecule has 0 saturated carbocycles. The Labute approximate surface area is 115 Å². The quantitative estimate of drug-likeness (QED) is 0.787. The second kappa shape index (κ2) is 5.16. The van der Waals surface area contributed by atoms with Crippen molar-refractivity contribution in [2.45, 2.75) is 30.9 Å². The molecule has 2 rings (SSSR count). The molecule has 94 valence electrons. The van der Waals surface area contributed by atoms with E-state index in [0.29, 0.717) is 15.8 Å². The van der Waals surface area contributed by atoms with Crippen LogP contribution in [0.2, 0.25) is 5.02 Å². The standard InChI is InChI=1S/C13H12ClNO2S/c1-7-9(3)17-13(15-7)18-12-5-4-10(8(2)16)6-11(12)14/h4-6H,1-3H3. The Bertz CT molecular complexity index is 588. The van der Waals surface area contributed by atoms with Gasteiger partial charge in [0.1, 0.15) is 5.76 Å². The van der Waals surface area contributed by atoms with Crippen LogP contribution in [0.1, 0.15) is 28.7 Å². The van der Waals surface area contributed by atoms with E-state index in [1.807, 2.05) is 13.8 Å². The van der Waals surface area contributed by atoms with E-state index in [9.17, 15) is 4.79 Å². The van der Waals surface area contributed by atoms with Crippen LogP contribution in [0.25, 0.3) is 0 Å². The van der Waals surface area contributed by atoms with E-state index < -0.39 is 0 Å². The van der Waals surface area contributed by atoms with Gasteiger partial charge in [-0.2, -0.15) is 0 Å². The largest absolute Gasteiger partial charge is 0.436 e. The summed E-state index contributed by atoms with van der Waals surface area (Å²) in [7, 11) is 0. The maximum Gasteiger partial charge on any atom is 0.261 e. The zero-order chi connectivity index (χ0) is 13.3. The lowest BCUT2D eigenvalue weighted by atomic mass is 10.1. The molecule has 0 aliphatic heterocycles. The minimum absolute atomic E-state index is 0.00346. The van der Waals surface area contributed by atoms with Gasteiger partial charge in [0.15, 0.2) is 5.78 Å². The lowest BCUT2D eigenvalue weighted by Gasteiger charge is -2.02. The van der Waals surface area contributed by atoms with E-state index in [1.54, 1.807) is 18.2 Å². The van der Waals surface area contributed by atoms with Gasteiger partial charge in [-0.1, -0.05) is 17.7 Å². The fourth-order valence-corrected chi connectivity index (χ4v) is 2.51. The van der Waals surface area contributed by atoms with Gasteiger partial charge in [0.05, 0.1) is 10.7 Å². The molecule has 0 saturated heterocycles. The third-order valence-electron chi connectivity index (χ3n) is 2.54. The van der Waals surface area contributed by atoms with Gasteiger partial charge in [-0.05, 0) is 44.7 Å². The summed E-state index contributed by atoms with van der Waals surface area (Å²) in [5.74, 6) is 0.797. The van der Waals surface area contributed by atoms with Crippen LogP contribution in [0.4, 0.5) is 0 Å². The summed E-state index contributed by atoms with van der Waals surface area (Å²) < 4.78 is 5.48. The molecular formula is C13H12ClNO2S. The Balaban J connectivity index is 2.27. The van der Waals surface area contributed by atoms with Gasteiger partial charge in [-0.15, -0.1) is 0 Å². The molecule has 2 aromatic rings. The summed E-state index contributed by atoms with van der Waals surface area (Å²) in [5, 5.41) is 1.09. The molecule has 0 fully saturated rings. The molecule has 0 aliphatic rings. The molecule has 0 N–H and O–H groups in total. The van der Waals surface area contributed by atoms with Crippen molar-refractivity contribution in [2.24, 2.45) is 0 Å². The predicted octanol–water partition coefficient (Wildman–Crippen LogP) is 4.30. The van der Waals surface area contributed by atoms with Gasteiger partial charge in [0, 0.05) is 10.5 Å². The number of benzene rings is 1. The SMILES string of the molecule is CC(=O)c1ccc(Sc2nc(C)c(C)o2)c(Cl)c1. The molecule has 18 heavy (non-hydrogen) atoms. The molecule has 0 aliphatic carbocycles. The van der Waals surface area contributed by atoms with Crippen LogP contribution < -0.4 is 0 Å². The maximum atomic E-state index is 11.2. The summed E-state index contributed by atoms with van der Waals surface area (Å²) in [4.78, 5) is 16.3. The molecule has 3 nitrogen and oxygen atoms in total. The van der Waals surface area contributed by atoms with Crippen LogP contribution in [-0.4, -0.2) is 10.8 Å². The number of carbonyl (C=O) groups excluding carboxylic acids is 1. The Kier molecular flexibility index (Phi) is 3.78. The van der Waals surface area contributed by atoms with E-state index in [1.165, 1.54) is 18.7 Å². The molecule has 1 aromatic heterocycles. The zero-order valence-corrected chi connectivity index (χ0v) is 11.9. The summed E-state index contributed by atoms with van der Waals surface area (Å²) in [6, 6.07) is 5.21. The van der Waals surface area contributed by atoms with Gasteiger partial charge in [0.2, 0.25) is 0 Å². The van der Waals surface area contributed by atoms with Crippen LogP contribution in [0, 0.1) is 13.8 Å². The van der Waals surface area contributed by atoms with Crippen molar-refractivity contribution in [2.75, 3.05) is 0 Å². The number of rotatable bonds is 3. The predicted molar refractivity (Wildman–Crippen MR) is 71.6 cm³/mol. The highest BCUT2D eigenvalue weighted by atomic mass is 35.5. The highest BCUT2D eigenvalue weighted by molar-refractivity contribution is 7.99. The van der Waals surface area contributed by atoms with Gasteiger partial charge in [-0.3, -0.25) is 4.79 Å². The third-order valence-corrected chi connectivity index (χ3v) is 3.89. The monoisotopic (exact) mass is 281 g/mol. The minimum atomic E-state index is -0.00346. The van der Waals surface area contributed by atoms with Crippen molar-refractivity contribution in [1.29, 1.82) is 0 Å². The molecule has 0 amide bonds. The van der Waals surface area contributed by atoms with Crippen LogP contribution in [-0.2, 0) is 0 Å². The number of aryl methyl sites for hydroxylation is 2. The summed E-state index contributed by atoms with van der Waals surface area (Å²) in [6.45, 7) is 5.27. The number of hydrogen-bond acceptors (Lipinski definition) is 4. The van der Waals surface area contributed by atoms with Crippen LogP contribution in [0.15, 0.2) is 32.7 Å². The summed E-state index contributed by atoms with van der Waals surface area (Å²) in [6.07, 6.45) is 0. The smallest absolute Gasteiger partial charge is 0.261 e. The summed E-state index contributed by atoms with van der Waals surface area (Å²) in [5.41, 5.74) is 1.47. The first-order valence-corrected chi connectivity index (χ1v) is 6.59. The fourth-order valence-electron chi connectivity index (χ4n) is 1.38. The van der Waals surface area contributed by atoms with E-state index in [-0.39, 0.29) is 5.78 Å². The van der Waals surface area contributed by atoms with Crippen molar-refractivity contribution in [1.82, 2.24) is 4.98 Å². The maximum absolute atomic E-state index is 11.2. The highest BCUT2D eigenvalue weighted by Gasteiger charge is 2.11. The number of ketones is 1. The molecule has 1 heterocycles. The van der Waals surface area contributed by atoms with Crippen molar-refractivity contribution in [3.05, 3.63) is 40.2 Å².